The van der Waals surface area contributed by atoms with Crippen molar-refractivity contribution >= 4 is 39.1 Å². The van der Waals surface area contributed by atoms with Crippen molar-refractivity contribution in [3.8, 4) is 0 Å². The number of halogens is 1. The van der Waals surface area contributed by atoms with E-state index < -0.39 is 32.9 Å². The molecule has 0 aromatic heterocycles. The van der Waals surface area contributed by atoms with E-state index in [4.69, 9.17) is 17.3 Å². The zero-order chi connectivity index (χ0) is 18.8. The number of benzene rings is 1. The van der Waals surface area contributed by atoms with Crippen LogP contribution in [0.4, 0.5) is 10.5 Å². The topological polar surface area (TPSA) is 110 Å². The zero-order valence-electron chi connectivity index (χ0n) is 14.2. The van der Waals surface area contributed by atoms with E-state index in [2.05, 4.69) is 5.32 Å². The van der Waals surface area contributed by atoms with Gasteiger partial charge < -0.3 is 16.0 Å². The number of nitrogens with one attached hydrogen (secondary N) is 1. The molecule has 25 heavy (non-hydrogen) atoms. The van der Waals surface area contributed by atoms with Gasteiger partial charge in [0.1, 0.15) is 4.90 Å². The second-order valence-electron chi connectivity index (χ2n) is 6.33. The number of carbonyl (C=O) groups excluding carboxylic acids is 2. The summed E-state index contributed by atoms with van der Waals surface area (Å²) in [7, 11) is -3.68. The van der Waals surface area contributed by atoms with E-state index in [1.165, 1.54) is 17.0 Å². The Morgan fingerprint density at radius 2 is 2.04 bits per heavy atom. The van der Waals surface area contributed by atoms with Gasteiger partial charge >= 0.3 is 6.03 Å². The number of rotatable bonds is 4. The molecule has 1 aliphatic heterocycles. The molecule has 0 radical (unpaired) electrons. The van der Waals surface area contributed by atoms with Crippen molar-refractivity contribution < 1.29 is 18.0 Å². The first-order valence-corrected chi connectivity index (χ1v) is 9.94. The van der Waals surface area contributed by atoms with E-state index in [0.717, 1.165) is 0 Å². The van der Waals surface area contributed by atoms with E-state index in [-0.39, 0.29) is 22.2 Å². The Kier molecular flexibility index (Phi) is 5.95. The monoisotopic (exact) mass is 387 g/mol. The Labute approximate surface area is 152 Å². The van der Waals surface area contributed by atoms with Crippen LogP contribution in [0.2, 0.25) is 5.02 Å². The molecule has 0 bridgehead atoms. The summed E-state index contributed by atoms with van der Waals surface area (Å²) < 4.78 is 25.1. The van der Waals surface area contributed by atoms with Gasteiger partial charge in [-0.2, -0.15) is 0 Å². The Hall–Kier alpha value is -1.80. The lowest BCUT2D eigenvalue weighted by Gasteiger charge is -2.31. The number of anilines is 1. The number of likely N-dealkylation sites (tertiary alicyclic amines) is 1. The van der Waals surface area contributed by atoms with Crippen molar-refractivity contribution in [1.29, 1.82) is 0 Å². The molecule has 0 aliphatic carbocycles. The van der Waals surface area contributed by atoms with Crippen LogP contribution in [0.5, 0.6) is 0 Å². The molecule has 9 heteroatoms. The quantitative estimate of drug-likeness (QED) is 0.825. The molecule has 1 aromatic carbocycles. The number of primary amides is 1. The molecule has 1 saturated heterocycles. The van der Waals surface area contributed by atoms with E-state index in [9.17, 15) is 18.0 Å². The largest absolute Gasteiger partial charge is 0.369 e. The van der Waals surface area contributed by atoms with E-state index in [1.807, 2.05) is 0 Å². The van der Waals surface area contributed by atoms with Gasteiger partial charge in [0.15, 0.2) is 9.84 Å². The maximum absolute atomic E-state index is 12.6. The molecule has 0 spiro atoms. The van der Waals surface area contributed by atoms with Crippen LogP contribution in [0.25, 0.3) is 0 Å². The number of urea groups is 1. The number of nitrogens with two attached hydrogens (primary N) is 1. The fraction of sp³-hybridized carbons (Fsp3) is 0.500. The van der Waals surface area contributed by atoms with Crippen LogP contribution in [-0.4, -0.2) is 43.6 Å². The second-order valence-corrected chi connectivity index (χ2v) is 9.18. The van der Waals surface area contributed by atoms with Crippen LogP contribution >= 0.6 is 11.6 Å². The lowest BCUT2D eigenvalue weighted by atomic mass is 9.98. The van der Waals surface area contributed by atoms with Crippen LogP contribution in [0, 0.1) is 5.92 Å². The van der Waals surface area contributed by atoms with Gasteiger partial charge in [-0.15, -0.1) is 0 Å². The molecule has 3 N–H and O–H groups in total. The summed E-state index contributed by atoms with van der Waals surface area (Å²) in [6.45, 7) is 3.79. The van der Waals surface area contributed by atoms with Crippen molar-refractivity contribution in [1.82, 2.24) is 4.90 Å². The number of carbonyl (C=O) groups is 2. The highest BCUT2D eigenvalue weighted by atomic mass is 35.5. The summed E-state index contributed by atoms with van der Waals surface area (Å²) in [5, 5.41) is 1.99. The van der Waals surface area contributed by atoms with Gasteiger partial charge in [0.2, 0.25) is 5.91 Å². The second kappa shape index (κ2) is 7.61. The van der Waals surface area contributed by atoms with Gasteiger partial charge in [-0.3, -0.25) is 4.79 Å². The third-order valence-electron chi connectivity index (χ3n) is 4.22. The third-order valence-corrected chi connectivity index (χ3v) is 6.90. The number of nitrogens with zero attached hydrogens (tertiary/aromatic N) is 1. The summed E-state index contributed by atoms with van der Waals surface area (Å²) in [5.41, 5.74) is 5.45. The molecular formula is C16H22ClN3O4S. The minimum absolute atomic E-state index is 0.0557. The number of piperidine rings is 1. The lowest BCUT2D eigenvalue weighted by molar-refractivity contribution is -0.123. The summed E-state index contributed by atoms with van der Waals surface area (Å²) in [6, 6.07) is 4.05. The third kappa shape index (κ3) is 4.24. The lowest BCUT2D eigenvalue weighted by Crippen LogP contribution is -2.45. The zero-order valence-corrected chi connectivity index (χ0v) is 15.7. The summed E-state index contributed by atoms with van der Waals surface area (Å²) in [6.07, 6.45) is 1.30. The highest BCUT2D eigenvalue weighted by Crippen LogP contribution is 2.32. The van der Waals surface area contributed by atoms with Crippen molar-refractivity contribution in [2.45, 2.75) is 36.8 Å². The van der Waals surface area contributed by atoms with Gasteiger partial charge in [0, 0.05) is 13.1 Å². The molecule has 1 fully saturated rings. The average Bonchev–Trinajstić information content (AvgIpc) is 2.54. The van der Waals surface area contributed by atoms with Gasteiger partial charge in [0.05, 0.1) is 21.9 Å². The molecule has 138 valence electrons. The first-order chi connectivity index (χ1) is 11.6. The fourth-order valence-corrected chi connectivity index (χ4v) is 4.45. The molecule has 1 aromatic rings. The maximum atomic E-state index is 12.6. The minimum Gasteiger partial charge on any atom is -0.369 e. The highest BCUT2D eigenvalue weighted by molar-refractivity contribution is 7.92. The SMILES string of the molecule is CC(C)S(=O)(=O)c1c(Cl)cccc1NC(=O)N1CCCC(C(N)=O)C1. The van der Waals surface area contributed by atoms with Crippen LogP contribution in [-0.2, 0) is 14.6 Å². The molecule has 1 atom stereocenters. The Morgan fingerprint density at radius 3 is 2.64 bits per heavy atom. The first-order valence-electron chi connectivity index (χ1n) is 8.02. The molecule has 2 rings (SSSR count). The van der Waals surface area contributed by atoms with Gasteiger partial charge in [-0.25, -0.2) is 13.2 Å². The van der Waals surface area contributed by atoms with Gasteiger partial charge in [0.25, 0.3) is 0 Å². The van der Waals surface area contributed by atoms with E-state index >= 15 is 0 Å². The average molecular weight is 388 g/mol. The van der Waals surface area contributed by atoms with Crippen molar-refractivity contribution in [3.63, 3.8) is 0 Å². The maximum Gasteiger partial charge on any atom is 0.321 e. The normalized spacial score (nSPS) is 18.2. The summed E-state index contributed by atoms with van der Waals surface area (Å²) >= 11 is 6.09. The molecule has 7 nitrogen and oxygen atoms in total. The van der Waals surface area contributed by atoms with E-state index in [1.54, 1.807) is 19.9 Å². The van der Waals surface area contributed by atoms with Crippen molar-refractivity contribution in [2.24, 2.45) is 11.7 Å². The smallest absolute Gasteiger partial charge is 0.321 e. The summed E-state index contributed by atoms with van der Waals surface area (Å²) in [5.74, 6) is -0.832. The predicted octanol–water partition coefficient (Wildman–Crippen LogP) is 2.25. The Morgan fingerprint density at radius 1 is 1.36 bits per heavy atom. The molecule has 1 unspecified atom stereocenters. The standard InChI is InChI=1S/C16H22ClN3O4S/c1-10(2)25(23,24)14-12(17)6-3-7-13(14)19-16(22)20-8-4-5-11(9-20)15(18)21/h3,6-7,10-11H,4-5,8-9H2,1-2H3,(H2,18,21)(H,19,22). The molecule has 0 saturated carbocycles. The van der Waals surface area contributed by atoms with E-state index in [0.29, 0.717) is 19.4 Å². The van der Waals surface area contributed by atoms with Crippen LogP contribution < -0.4 is 11.1 Å². The molecule has 1 aliphatic rings. The molecule has 3 amide bonds. The number of hydrogen-bond donors (Lipinski definition) is 2. The predicted molar refractivity (Wildman–Crippen MR) is 96.3 cm³/mol. The number of hydrogen-bond acceptors (Lipinski definition) is 4. The summed E-state index contributed by atoms with van der Waals surface area (Å²) in [4.78, 5) is 25.2. The fourth-order valence-electron chi connectivity index (χ4n) is 2.72. The minimum atomic E-state index is -3.68. The number of sulfone groups is 1. The first kappa shape index (κ1) is 19.5. The Balaban J connectivity index is 2.27. The van der Waals surface area contributed by atoms with Gasteiger partial charge in [-0.05, 0) is 38.8 Å². The van der Waals surface area contributed by atoms with Crippen LogP contribution in [0.1, 0.15) is 26.7 Å². The molecular weight excluding hydrogens is 366 g/mol. The number of amides is 3. The molecule has 1 heterocycles. The van der Waals surface area contributed by atoms with Crippen molar-refractivity contribution in [2.75, 3.05) is 18.4 Å². The van der Waals surface area contributed by atoms with Crippen LogP contribution in [0.3, 0.4) is 0 Å². The highest BCUT2D eigenvalue weighted by Gasteiger charge is 2.30. The Bertz CT molecular complexity index is 780. The van der Waals surface area contributed by atoms with Crippen molar-refractivity contribution in [3.05, 3.63) is 23.2 Å². The van der Waals surface area contributed by atoms with Gasteiger partial charge in [-0.1, -0.05) is 17.7 Å². The van der Waals surface area contributed by atoms with Crippen LogP contribution in [0.15, 0.2) is 23.1 Å².